The monoisotopic (exact) mass is 706 g/mol. The number of anilines is 1. The zero-order valence-electron chi connectivity index (χ0n) is 13.3. The Morgan fingerprint density at radius 1 is 1.04 bits per heavy atom. The zero-order chi connectivity index (χ0) is 20.8. The van der Waals surface area contributed by atoms with E-state index in [1.807, 2.05) is 0 Å². The molecule has 0 spiro atoms. The van der Waals surface area contributed by atoms with Crippen LogP contribution >= 0.6 is 72.0 Å². The number of aromatic nitrogens is 2. The molecule has 0 fully saturated rings. The van der Waals surface area contributed by atoms with E-state index in [1.165, 1.54) is 13.8 Å². The average molecular weight is 707 g/mol. The van der Waals surface area contributed by atoms with Crippen LogP contribution in [0.4, 0.5) is 18.9 Å². The molecule has 0 bridgehead atoms. The second kappa shape index (κ2) is 13.5. The minimum Gasteiger partial charge on any atom is -0.476 e. The normalized spacial score (nSPS) is 9.26. The molecule has 5 nitrogen and oxygen atoms in total. The van der Waals surface area contributed by atoms with Crippen LogP contribution in [0, 0.1) is 31.4 Å². The summed E-state index contributed by atoms with van der Waals surface area (Å²) in [5, 5.41) is 7.64. The summed E-state index contributed by atoms with van der Waals surface area (Å²) in [4.78, 5) is 16.9. The van der Waals surface area contributed by atoms with Gasteiger partial charge >= 0.3 is 5.97 Å². The molecule has 1 radical (unpaired) electrons. The molecule has 0 unspecified atom stereocenters. The summed E-state index contributed by atoms with van der Waals surface area (Å²) in [6.07, 6.45) is 0. The van der Waals surface area contributed by atoms with Gasteiger partial charge in [-0.2, -0.15) is 4.39 Å². The molecule has 27 heavy (non-hydrogen) atoms. The fourth-order valence-electron chi connectivity index (χ4n) is 1.44. The molecule has 149 valence electrons. The van der Waals surface area contributed by atoms with Crippen molar-refractivity contribution < 1.29 is 41.6 Å². The third-order valence-electron chi connectivity index (χ3n) is 2.70. The maximum atomic E-state index is 12.8. The van der Waals surface area contributed by atoms with Gasteiger partial charge in [0.25, 0.3) is 0 Å². The molecule has 2 rings (SSSR count). The van der Waals surface area contributed by atoms with Gasteiger partial charge in [-0.25, -0.2) is 23.5 Å². The van der Waals surface area contributed by atoms with Gasteiger partial charge in [0.1, 0.15) is 0 Å². The Balaban J connectivity index is 0. The van der Waals surface area contributed by atoms with Crippen molar-refractivity contribution in [2.75, 3.05) is 5.73 Å². The molecular formula is C13H9Cl3F3I2N3O2V. The van der Waals surface area contributed by atoms with Gasteiger partial charge < -0.3 is 10.8 Å². The van der Waals surface area contributed by atoms with Crippen molar-refractivity contribution in [3.05, 3.63) is 49.7 Å². The van der Waals surface area contributed by atoms with E-state index in [0.29, 0.717) is 5.69 Å². The summed E-state index contributed by atoms with van der Waals surface area (Å²) >= 11 is 20.5. The maximum Gasteiger partial charge on any atom is 0.356 e. The number of hydrogen-bond donors (Lipinski definition) is 2. The first-order valence-corrected chi connectivity index (χ1v) is 13.6. The van der Waals surface area contributed by atoms with E-state index in [4.69, 9.17) is 45.6 Å². The van der Waals surface area contributed by atoms with Crippen LogP contribution in [0.1, 0.15) is 21.7 Å². The van der Waals surface area contributed by atoms with Gasteiger partial charge in [-0.05, 0) is 13.8 Å². The topological polar surface area (TPSA) is 89.1 Å². The first-order valence-electron chi connectivity index (χ1n) is 6.14. The van der Waals surface area contributed by atoms with Crippen LogP contribution in [0.25, 0.3) is 0 Å². The quantitative estimate of drug-likeness (QED) is 0.272. The second-order valence-electron chi connectivity index (χ2n) is 4.34. The average Bonchev–Trinajstić information content (AvgIpc) is 2.61. The Kier molecular flexibility index (Phi) is 14.7. The smallest absolute Gasteiger partial charge is 0.356 e. The van der Waals surface area contributed by atoms with Gasteiger partial charge in [0.15, 0.2) is 22.5 Å². The number of halogens is 8. The van der Waals surface area contributed by atoms with Crippen molar-refractivity contribution in [1.29, 1.82) is 0 Å². The van der Waals surface area contributed by atoms with E-state index in [9.17, 15) is 18.0 Å². The van der Waals surface area contributed by atoms with Crippen molar-refractivity contribution in [2.24, 2.45) is 0 Å². The van der Waals surface area contributed by atoms with Gasteiger partial charge in [0.05, 0.1) is 21.4 Å². The first kappa shape index (κ1) is 29.5. The molecule has 2 heterocycles. The summed E-state index contributed by atoms with van der Waals surface area (Å²) in [5.74, 6) is -4.50. The summed E-state index contributed by atoms with van der Waals surface area (Å²) < 4.78 is 38.0. The third kappa shape index (κ3) is 7.90. The summed E-state index contributed by atoms with van der Waals surface area (Å²) in [5.41, 5.74) is 4.46. The number of carboxylic acids is 1. The minimum absolute atomic E-state index is 0. The number of nitrogen functional groups attached to an aromatic ring is 1. The number of nitrogens with zero attached hydrogens (tertiary/aromatic N) is 2. The number of aryl methyl sites for hydroxylation is 1. The number of hydrogen-bond acceptors (Lipinski definition) is 4. The van der Waals surface area contributed by atoms with Crippen LogP contribution < -0.4 is 5.73 Å². The number of pyridine rings is 2. The van der Waals surface area contributed by atoms with Gasteiger partial charge in [-0.1, -0.05) is 34.8 Å². The maximum absolute atomic E-state index is 12.8. The molecule has 3 N–H and O–H groups in total. The van der Waals surface area contributed by atoms with Crippen molar-refractivity contribution >= 4 is 83.7 Å². The number of aromatic carboxylic acids is 1. The Labute approximate surface area is 202 Å². The third-order valence-corrected chi connectivity index (χ3v) is 3.89. The second-order valence-corrected chi connectivity index (χ2v) is 5.45. The van der Waals surface area contributed by atoms with Crippen molar-refractivity contribution in [3.8, 4) is 0 Å². The summed E-state index contributed by atoms with van der Waals surface area (Å²) in [6, 6.07) is 0. The first-order chi connectivity index (χ1) is 12.0. The number of carboxylic acid groups (broad SMARTS) is 1. The van der Waals surface area contributed by atoms with E-state index >= 15 is 0 Å². The van der Waals surface area contributed by atoms with E-state index in [2.05, 4.69) is 47.2 Å². The van der Waals surface area contributed by atoms with Crippen LogP contribution in [-0.4, -0.2) is 21.0 Å². The molecule has 0 aromatic carbocycles. The molecule has 14 heteroatoms. The van der Waals surface area contributed by atoms with Gasteiger partial charge in [-0.3, -0.25) is 0 Å². The van der Waals surface area contributed by atoms with E-state index < -0.39 is 45.1 Å². The Morgan fingerprint density at radius 2 is 1.52 bits per heavy atom. The molecule has 0 aliphatic heterocycles. The van der Waals surface area contributed by atoms with Crippen LogP contribution in [-0.2, 0) is 18.6 Å². The van der Waals surface area contributed by atoms with Crippen molar-refractivity contribution in [2.45, 2.75) is 13.8 Å². The van der Waals surface area contributed by atoms with Gasteiger partial charge in [-0.15, -0.1) is 0 Å². The number of nitrogens with two attached hydrogens (primary N) is 1. The predicted molar refractivity (Wildman–Crippen MR) is 112 cm³/mol. The Hall–Kier alpha value is 0.274. The van der Waals surface area contributed by atoms with E-state index in [0.717, 1.165) is 0 Å². The fraction of sp³-hybridized carbons (Fsp3) is 0.154. The van der Waals surface area contributed by atoms with Crippen LogP contribution in [0.2, 0.25) is 15.2 Å². The van der Waals surface area contributed by atoms with Crippen molar-refractivity contribution in [3.63, 3.8) is 0 Å². The fourth-order valence-corrected chi connectivity index (χ4v) is 1.96. The van der Waals surface area contributed by atoms with Gasteiger partial charge in [0.2, 0.25) is 5.95 Å². The summed E-state index contributed by atoms with van der Waals surface area (Å²) in [6.45, 7) is 2.94. The van der Waals surface area contributed by atoms with E-state index in [-0.39, 0.29) is 29.1 Å². The van der Waals surface area contributed by atoms with Crippen LogP contribution in [0.5, 0.6) is 0 Å². The largest absolute Gasteiger partial charge is 0.476 e. The number of rotatable bonds is 1. The molecule has 0 aliphatic rings. The van der Waals surface area contributed by atoms with Gasteiger partial charge in [0, 0.05) is 61.4 Å². The number of carbonyl (C=O) groups is 1. The molecule has 2 aromatic rings. The standard InChI is InChI=1S/C7H6ClF2N.C6H3Cl2FN2O2.I2.V/c1-3-5(8)4(2)11-7(10)6(3)9;7-1-3(10)2(9)5(8)11-4(1)6(12)13;1-2;/h1-2H3;(H2,10,11)(H,12,13);;. The van der Waals surface area contributed by atoms with Crippen molar-refractivity contribution in [1.82, 2.24) is 9.97 Å². The molecule has 0 saturated heterocycles. The molecular weight excluding hydrogens is 698 g/mol. The SMILES string of the molecule is Cc1nc(F)c(F)c(C)c1Cl.II.Nc1c(F)c(Cl)nc(C(=O)O)c1Cl.[V]. The van der Waals surface area contributed by atoms with Crippen LogP contribution in [0.15, 0.2) is 0 Å². The van der Waals surface area contributed by atoms with Crippen LogP contribution in [0.3, 0.4) is 0 Å². The summed E-state index contributed by atoms with van der Waals surface area (Å²) in [7, 11) is 0. The molecule has 0 saturated carbocycles. The zero-order valence-corrected chi connectivity index (χ0v) is 21.3. The Morgan fingerprint density at radius 3 is 1.96 bits per heavy atom. The molecule has 0 atom stereocenters. The Bertz CT molecular complexity index is 809. The predicted octanol–water partition coefficient (Wildman–Crippen LogP) is 6.21. The van der Waals surface area contributed by atoms with E-state index in [1.54, 1.807) is 0 Å². The molecule has 0 amide bonds. The minimum atomic E-state index is -1.42. The molecule has 2 aromatic heterocycles. The molecule has 0 aliphatic carbocycles.